The second kappa shape index (κ2) is 5.84. The van der Waals surface area contributed by atoms with Crippen molar-refractivity contribution in [1.82, 2.24) is 15.1 Å². The number of hydrogen-bond acceptors (Lipinski definition) is 3. The van der Waals surface area contributed by atoms with Crippen molar-refractivity contribution in [1.29, 1.82) is 0 Å². The summed E-state index contributed by atoms with van der Waals surface area (Å²) >= 11 is 0. The Labute approximate surface area is 112 Å². The van der Waals surface area contributed by atoms with Crippen LogP contribution in [-0.4, -0.2) is 16.8 Å². The Bertz CT molecular complexity index is 551. The van der Waals surface area contributed by atoms with E-state index in [-0.39, 0.29) is 11.9 Å². The van der Waals surface area contributed by atoms with Crippen molar-refractivity contribution in [3.63, 3.8) is 0 Å². The highest BCUT2D eigenvalue weighted by molar-refractivity contribution is 5.37. The first-order valence-corrected chi connectivity index (χ1v) is 6.25. The van der Waals surface area contributed by atoms with E-state index in [0.29, 0.717) is 18.0 Å². The van der Waals surface area contributed by atoms with Crippen LogP contribution in [0.15, 0.2) is 30.6 Å². The lowest BCUT2D eigenvalue weighted by Crippen LogP contribution is -2.06. The maximum Gasteiger partial charge on any atom is 0.165 e. The number of nitrogens with zero attached hydrogens (tertiary/aromatic N) is 2. The third kappa shape index (κ3) is 3.32. The summed E-state index contributed by atoms with van der Waals surface area (Å²) in [7, 11) is 1.81. The van der Waals surface area contributed by atoms with E-state index in [4.69, 9.17) is 4.74 Å². The Kier molecular flexibility index (Phi) is 4.16. The average molecular weight is 263 g/mol. The lowest BCUT2D eigenvalue weighted by atomic mass is 10.2. The number of nitrogens with one attached hydrogen (secondary N) is 1. The predicted octanol–water partition coefficient (Wildman–Crippen LogP) is 3.11. The molecule has 1 heterocycles. The summed E-state index contributed by atoms with van der Waals surface area (Å²) in [6, 6.07) is 4.77. The fraction of sp³-hybridized carbons (Fsp3) is 0.357. The molecule has 0 aliphatic heterocycles. The Morgan fingerprint density at radius 3 is 2.84 bits per heavy atom. The number of halogens is 1. The summed E-state index contributed by atoms with van der Waals surface area (Å²) in [5, 5.41) is 7.20. The zero-order chi connectivity index (χ0) is 13.8. The van der Waals surface area contributed by atoms with E-state index in [1.807, 2.05) is 31.8 Å². The van der Waals surface area contributed by atoms with Gasteiger partial charge in [0.25, 0.3) is 0 Å². The molecule has 0 atom stereocenters. The van der Waals surface area contributed by atoms with Gasteiger partial charge in [0.05, 0.1) is 12.4 Å². The van der Waals surface area contributed by atoms with Gasteiger partial charge in [-0.3, -0.25) is 4.68 Å². The number of benzene rings is 1. The molecule has 0 aliphatic carbocycles. The largest absolute Gasteiger partial charge is 0.454 e. The SMILES string of the molecule is CNCc1cc(F)ccc1Oc1cnn(C(C)C)c1. The molecule has 2 rings (SSSR count). The van der Waals surface area contributed by atoms with Crippen LogP contribution in [0, 0.1) is 5.82 Å². The zero-order valence-electron chi connectivity index (χ0n) is 11.4. The van der Waals surface area contributed by atoms with Gasteiger partial charge in [0.2, 0.25) is 0 Å². The van der Waals surface area contributed by atoms with Crippen LogP contribution in [0.4, 0.5) is 4.39 Å². The van der Waals surface area contributed by atoms with Gasteiger partial charge >= 0.3 is 0 Å². The smallest absolute Gasteiger partial charge is 0.165 e. The summed E-state index contributed by atoms with van der Waals surface area (Å²) in [6.07, 6.45) is 3.49. The van der Waals surface area contributed by atoms with Crippen LogP contribution in [0.3, 0.4) is 0 Å². The molecule has 0 radical (unpaired) electrons. The molecule has 2 aromatic rings. The number of ether oxygens (including phenoxy) is 1. The molecule has 0 unspecified atom stereocenters. The van der Waals surface area contributed by atoms with Crippen LogP contribution >= 0.6 is 0 Å². The third-order valence-electron chi connectivity index (χ3n) is 2.72. The van der Waals surface area contributed by atoms with E-state index in [1.165, 1.54) is 12.1 Å². The molecule has 102 valence electrons. The number of aromatic nitrogens is 2. The third-order valence-corrected chi connectivity index (χ3v) is 2.72. The molecule has 4 nitrogen and oxygen atoms in total. The molecule has 1 N–H and O–H groups in total. The van der Waals surface area contributed by atoms with E-state index in [9.17, 15) is 4.39 Å². The minimum absolute atomic E-state index is 0.268. The lowest BCUT2D eigenvalue weighted by molar-refractivity contribution is 0.467. The van der Waals surface area contributed by atoms with Crippen molar-refractivity contribution in [3.8, 4) is 11.5 Å². The van der Waals surface area contributed by atoms with E-state index in [0.717, 1.165) is 5.56 Å². The number of hydrogen-bond donors (Lipinski definition) is 1. The summed E-state index contributed by atoms with van der Waals surface area (Å²) < 4.78 is 20.8. The second-order valence-corrected chi connectivity index (χ2v) is 4.63. The van der Waals surface area contributed by atoms with Gasteiger partial charge in [0, 0.05) is 18.2 Å². The highest BCUT2D eigenvalue weighted by atomic mass is 19.1. The second-order valence-electron chi connectivity index (χ2n) is 4.63. The fourth-order valence-corrected chi connectivity index (χ4v) is 1.76. The molecular formula is C14H18FN3O. The summed E-state index contributed by atoms with van der Waals surface area (Å²) in [6.45, 7) is 4.63. The molecule has 1 aromatic heterocycles. The average Bonchev–Trinajstić information content (AvgIpc) is 2.82. The Hall–Kier alpha value is -1.88. The zero-order valence-corrected chi connectivity index (χ0v) is 11.4. The van der Waals surface area contributed by atoms with Crippen molar-refractivity contribution in [2.75, 3.05) is 7.05 Å². The Balaban J connectivity index is 2.21. The molecule has 5 heteroatoms. The van der Waals surface area contributed by atoms with Gasteiger partial charge in [-0.05, 0) is 39.1 Å². The minimum Gasteiger partial charge on any atom is -0.454 e. The van der Waals surface area contributed by atoms with Gasteiger partial charge in [-0.25, -0.2) is 4.39 Å². The first-order chi connectivity index (χ1) is 9.10. The van der Waals surface area contributed by atoms with Gasteiger partial charge in [0.1, 0.15) is 11.6 Å². The van der Waals surface area contributed by atoms with Crippen LogP contribution in [0.25, 0.3) is 0 Å². The molecule has 0 bridgehead atoms. The quantitative estimate of drug-likeness (QED) is 0.900. The van der Waals surface area contributed by atoms with E-state index in [1.54, 1.807) is 12.3 Å². The maximum absolute atomic E-state index is 13.2. The van der Waals surface area contributed by atoms with Crippen molar-refractivity contribution >= 4 is 0 Å². The molecule has 0 amide bonds. The first kappa shape index (κ1) is 13.5. The van der Waals surface area contributed by atoms with Crippen LogP contribution < -0.4 is 10.1 Å². The van der Waals surface area contributed by atoms with Gasteiger partial charge in [-0.2, -0.15) is 5.10 Å². The van der Waals surface area contributed by atoms with Crippen molar-refractivity contribution < 1.29 is 9.13 Å². The van der Waals surface area contributed by atoms with Crippen molar-refractivity contribution in [3.05, 3.63) is 42.0 Å². The Morgan fingerprint density at radius 1 is 1.42 bits per heavy atom. The molecule has 19 heavy (non-hydrogen) atoms. The Morgan fingerprint density at radius 2 is 2.21 bits per heavy atom. The van der Waals surface area contributed by atoms with Crippen LogP contribution in [0.1, 0.15) is 25.5 Å². The van der Waals surface area contributed by atoms with Gasteiger partial charge in [-0.1, -0.05) is 0 Å². The summed E-state index contributed by atoms with van der Waals surface area (Å²) in [4.78, 5) is 0. The van der Waals surface area contributed by atoms with Crippen LogP contribution in [0.2, 0.25) is 0 Å². The molecule has 0 aliphatic rings. The summed E-state index contributed by atoms with van der Waals surface area (Å²) in [5.74, 6) is 1.02. The lowest BCUT2D eigenvalue weighted by Gasteiger charge is -2.09. The van der Waals surface area contributed by atoms with Gasteiger partial charge < -0.3 is 10.1 Å². The van der Waals surface area contributed by atoms with E-state index < -0.39 is 0 Å². The molecular weight excluding hydrogens is 245 g/mol. The fourth-order valence-electron chi connectivity index (χ4n) is 1.76. The standard InChI is InChI=1S/C14H18FN3O/c1-10(2)18-9-13(8-17-18)19-14-5-4-12(15)6-11(14)7-16-3/h4-6,8-10,16H,7H2,1-3H3. The van der Waals surface area contributed by atoms with Crippen LogP contribution in [-0.2, 0) is 6.54 Å². The summed E-state index contributed by atoms with van der Waals surface area (Å²) in [5.41, 5.74) is 0.778. The van der Waals surface area contributed by atoms with Gasteiger partial charge in [-0.15, -0.1) is 0 Å². The predicted molar refractivity (Wildman–Crippen MR) is 71.8 cm³/mol. The number of rotatable bonds is 5. The molecule has 0 saturated carbocycles. The molecule has 1 aromatic carbocycles. The topological polar surface area (TPSA) is 39.1 Å². The first-order valence-electron chi connectivity index (χ1n) is 6.25. The van der Waals surface area contributed by atoms with Gasteiger partial charge in [0.15, 0.2) is 5.75 Å². The van der Waals surface area contributed by atoms with Crippen molar-refractivity contribution in [2.45, 2.75) is 26.4 Å². The van der Waals surface area contributed by atoms with Crippen molar-refractivity contribution in [2.24, 2.45) is 0 Å². The van der Waals surface area contributed by atoms with Crippen LogP contribution in [0.5, 0.6) is 11.5 Å². The normalized spacial score (nSPS) is 11.0. The highest BCUT2D eigenvalue weighted by Gasteiger charge is 2.08. The maximum atomic E-state index is 13.2. The molecule has 0 saturated heterocycles. The van der Waals surface area contributed by atoms with E-state index >= 15 is 0 Å². The molecule has 0 fully saturated rings. The van der Waals surface area contributed by atoms with E-state index in [2.05, 4.69) is 10.4 Å². The minimum atomic E-state index is -0.268. The molecule has 0 spiro atoms. The highest BCUT2D eigenvalue weighted by Crippen LogP contribution is 2.26. The monoisotopic (exact) mass is 263 g/mol.